The number of nitrogens with zero attached hydrogens (tertiary/aromatic N) is 2. The van der Waals surface area contributed by atoms with Gasteiger partial charge in [0.25, 0.3) is 0 Å². The normalized spacial score (nSPS) is 22.9. The van der Waals surface area contributed by atoms with E-state index in [4.69, 9.17) is 5.73 Å². The van der Waals surface area contributed by atoms with E-state index in [0.717, 1.165) is 38.9 Å². The second kappa shape index (κ2) is 7.99. The maximum absolute atomic E-state index is 12.6. The second-order valence-electron chi connectivity index (χ2n) is 6.14. The van der Waals surface area contributed by atoms with Crippen molar-refractivity contribution in [1.82, 2.24) is 9.80 Å². The molecule has 0 aromatic heterocycles. The van der Waals surface area contributed by atoms with Gasteiger partial charge in [-0.3, -0.25) is 9.59 Å². The van der Waals surface area contributed by atoms with Crippen LogP contribution >= 0.6 is 12.4 Å². The molecule has 0 bridgehead atoms. The van der Waals surface area contributed by atoms with Crippen LogP contribution in [0.15, 0.2) is 0 Å². The summed E-state index contributed by atoms with van der Waals surface area (Å²) in [6.45, 7) is 6.33. The van der Waals surface area contributed by atoms with Crippen molar-refractivity contribution >= 4 is 24.2 Å². The number of halogens is 1. The van der Waals surface area contributed by atoms with Crippen molar-refractivity contribution < 1.29 is 9.59 Å². The van der Waals surface area contributed by atoms with Gasteiger partial charge in [-0.2, -0.15) is 0 Å². The third-order valence-electron chi connectivity index (χ3n) is 4.75. The SMILES string of the molecule is CCC(C(=O)N1CCC(C(C)N)CC1)N1CCCC1=O.Cl. The molecule has 2 unspecified atom stereocenters. The van der Waals surface area contributed by atoms with E-state index in [1.165, 1.54) is 0 Å². The summed E-state index contributed by atoms with van der Waals surface area (Å²) in [6, 6.07) is -0.0498. The lowest BCUT2D eigenvalue weighted by Gasteiger charge is -2.37. The highest BCUT2D eigenvalue weighted by Crippen LogP contribution is 2.23. The first-order chi connectivity index (χ1) is 9.54. The van der Waals surface area contributed by atoms with Crippen LogP contribution in [0, 0.1) is 5.92 Å². The molecule has 0 saturated carbocycles. The van der Waals surface area contributed by atoms with Gasteiger partial charge in [-0.15, -0.1) is 12.4 Å². The lowest BCUT2D eigenvalue weighted by Crippen LogP contribution is -2.51. The Balaban J connectivity index is 0.00000220. The van der Waals surface area contributed by atoms with E-state index in [2.05, 4.69) is 0 Å². The quantitative estimate of drug-likeness (QED) is 0.852. The highest BCUT2D eigenvalue weighted by molar-refractivity contribution is 5.88. The summed E-state index contributed by atoms with van der Waals surface area (Å²) in [4.78, 5) is 28.2. The number of amides is 2. The Morgan fingerprint density at radius 3 is 2.38 bits per heavy atom. The predicted octanol–water partition coefficient (Wildman–Crippen LogP) is 1.39. The standard InChI is InChI=1S/C15H27N3O2.ClH/c1-3-13(18-8-4-5-14(18)19)15(20)17-9-6-12(7-10-17)11(2)16;/h11-13H,3-10,16H2,1-2H3;1H. The molecule has 21 heavy (non-hydrogen) atoms. The van der Waals surface area contributed by atoms with E-state index in [-0.39, 0.29) is 36.3 Å². The van der Waals surface area contributed by atoms with Gasteiger partial charge in [0.15, 0.2) is 0 Å². The van der Waals surface area contributed by atoms with Crippen molar-refractivity contribution in [2.45, 2.75) is 58.0 Å². The van der Waals surface area contributed by atoms with Gasteiger partial charge in [0.2, 0.25) is 11.8 Å². The number of hydrogen-bond acceptors (Lipinski definition) is 3. The van der Waals surface area contributed by atoms with Gasteiger partial charge in [0, 0.05) is 32.1 Å². The Morgan fingerprint density at radius 1 is 1.33 bits per heavy atom. The van der Waals surface area contributed by atoms with Gasteiger partial charge in [-0.25, -0.2) is 0 Å². The van der Waals surface area contributed by atoms with E-state index >= 15 is 0 Å². The average Bonchev–Trinajstić information content (AvgIpc) is 2.86. The zero-order valence-electron chi connectivity index (χ0n) is 13.1. The maximum atomic E-state index is 12.6. The molecule has 122 valence electrons. The number of nitrogens with two attached hydrogens (primary N) is 1. The van der Waals surface area contributed by atoms with E-state index in [9.17, 15) is 9.59 Å². The molecule has 0 spiro atoms. The van der Waals surface area contributed by atoms with Crippen molar-refractivity contribution in [2.24, 2.45) is 11.7 Å². The Labute approximate surface area is 133 Å². The molecule has 2 aliphatic rings. The lowest BCUT2D eigenvalue weighted by molar-refractivity contribution is -0.144. The maximum Gasteiger partial charge on any atom is 0.245 e. The minimum absolute atomic E-state index is 0. The molecular formula is C15H28ClN3O2. The summed E-state index contributed by atoms with van der Waals surface area (Å²) in [5, 5.41) is 0. The topological polar surface area (TPSA) is 66.6 Å². The van der Waals surface area contributed by atoms with Crippen LogP contribution in [0.5, 0.6) is 0 Å². The second-order valence-corrected chi connectivity index (χ2v) is 6.14. The molecule has 2 atom stereocenters. The van der Waals surface area contributed by atoms with Crippen molar-refractivity contribution in [1.29, 1.82) is 0 Å². The van der Waals surface area contributed by atoms with Crippen LogP contribution in [-0.2, 0) is 9.59 Å². The molecule has 2 amide bonds. The summed E-state index contributed by atoms with van der Waals surface area (Å²) in [7, 11) is 0. The number of likely N-dealkylation sites (tertiary alicyclic amines) is 2. The first-order valence-electron chi connectivity index (χ1n) is 7.88. The summed E-state index contributed by atoms with van der Waals surface area (Å²) in [5.74, 6) is 0.786. The average molecular weight is 318 g/mol. The zero-order chi connectivity index (χ0) is 14.7. The Morgan fingerprint density at radius 2 is 1.95 bits per heavy atom. The van der Waals surface area contributed by atoms with E-state index in [1.807, 2.05) is 18.7 Å². The monoisotopic (exact) mass is 317 g/mol. The van der Waals surface area contributed by atoms with E-state index in [0.29, 0.717) is 18.8 Å². The van der Waals surface area contributed by atoms with Crippen molar-refractivity contribution in [2.75, 3.05) is 19.6 Å². The van der Waals surface area contributed by atoms with Crippen LogP contribution < -0.4 is 5.73 Å². The van der Waals surface area contributed by atoms with Gasteiger partial charge >= 0.3 is 0 Å². The van der Waals surface area contributed by atoms with Crippen molar-refractivity contribution in [3.05, 3.63) is 0 Å². The van der Waals surface area contributed by atoms with Crippen LogP contribution in [0.4, 0.5) is 0 Å². The first kappa shape index (κ1) is 18.2. The number of rotatable bonds is 4. The van der Waals surface area contributed by atoms with Crippen LogP contribution in [0.2, 0.25) is 0 Å². The minimum Gasteiger partial charge on any atom is -0.341 e. The molecule has 0 aromatic carbocycles. The molecule has 2 heterocycles. The van der Waals surface area contributed by atoms with Crippen LogP contribution in [0.3, 0.4) is 0 Å². The van der Waals surface area contributed by atoms with Gasteiger partial charge in [-0.1, -0.05) is 6.92 Å². The molecule has 2 saturated heterocycles. The van der Waals surface area contributed by atoms with Crippen LogP contribution in [-0.4, -0.2) is 53.3 Å². The Hall–Kier alpha value is -0.810. The molecule has 5 nitrogen and oxygen atoms in total. The summed E-state index contributed by atoms with van der Waals surface area (Å²) in [5.41, 5.74) is 5.94. The Bertz CT molecular complexity index is 368. The number of hydrogen-bond donors (Lipinski definition) is 1. The smallest absolute Gasteiger partial charge is 0.245 e. The number of carbonyl (C=O) groups excluding carboxylic acids is 2. The molecule has 2 rings (SSSR count). The fourth-order valence-corrected chi connectivity index (χ4v) is 3.38. The number of piperidine rings is 1. The largest absolute Gasteiger partial charge is 0.341 e. The molecule has 0 radical (unpaired) electrons. The number of carbonyl (C=O) groups is 2. The fourth-order valence-electron chi connectivity index (χ4n) is 3.38. The summed E-state index contributed by atoms with van der Waals surface area (Å²) < 4.78 is 0. The summed E-state index contributed by atoms with van der Waals surface area (Å²) in [6.07, 6.45) is 4.14. The molecule has 2 N–H and O–H groups in total. The zero-order valence-corrected chi connectivity index (χ0v) is 13.9. The van der Waals surface area contributed by atoms with Crippen molar-refractivity contribution in [3.8, 4) is 0 Å². The molecule has 0 aliphatic carbocycles. The molecule has 6 heteroatoms. The van der Waals surface area contributed by atoms with E-state index < -0.39 is 0 Å². The van der Waals surface area contributed by atoms with Crippen LogP contribution in [0.25, 0.3) is 0 Å². The molecular weight excluding hydrogens is 290 g/mol. The highest BCUT2D eigenvalue weighted by Gasteiger charge is 2.35. The summed E-state index contributed by atoms with van der Waals surface area (Å²) >= 11 is 0. The third kappa shape index (κ3) is 4.10. The predicted molar refractivity (Wildman–Crippen MR) is 85.2 cm³/mol. The van der Waals surface area contributed by atoms with Gasteiger partial charge in [-0.05, 0) is 38.5 Å². The minimum atomic E-state index is -0.253. The van der Waals surface area contributed by atoms with Crippen LogP contribution in [0.1, 0.15) is 46.0 Å². The molecule has 2 aliphatic heterocycles. The fraction of sp³-hybridized carbons (Fsp3) is 0.867. The molecule has 0 aromatic rings. The van der Waals surface area contributed by atoms with Crippen molar-refractivity contribution in [3.63, 3.8) is 0 Å². The first-order valence-corrected chi connectivity index (χ1v) is 7.88. The lowest BCUT2D eigenvalue weighted by atomic mass is 9.90. The van der Waals surface area contributed by atoms with Gasteiger partial charge in [0.05, 0.1) is 0 Å². The highest BCUT2D eigenvalue weighted by atomic mass is 35.5. The van der Waals surface area contributed by atoms with Gasteiger partial charge < -0.3 is 15.5 Å². The third-order valence-corrected chi connectivity index (χ3v) is 4.75. The Kier molecular flexibility index (Phi) is 6.94. The van der Waals surface area contributed by atoms with E-state index in [1.54, 1.807) is 4.90 Å². The van der Waals surface area contributed by atoms with Gasteiger partial charge in [0.1, 0.15) is 6.04 Å². The molecule has 2 fully saturated rings.